The van der Waals surface area contributed by atoms with Gasteiger partial charge in [-0.1, -0.05) is 65.8 Å². The lowest BCUT2D eigenvalue weighted by molar-refractivity contribution is -0.125. The third-order valence-electron chi connectivity index (χ3n) is 4.54. The number of hydrogen-bond acceptors (Lipinski definition) is 2. The van der Waals surface area contributed by atoms with Crippen molar-refractivity contribution in [2.45, 2.75) is 79.3 Å². The quantitative estimate of drug-likeness (QED) is 0.822. The van der Waals surface area contributed by atoms with Gasteiger partial charge in [-0.15, -0.1) is 0 Å². The molecule has 1 aromatic carbocycles. The third kappa shape index (κ3) is 6.15. The monoisotopic (exact) mass is 358 g/mol. The summed E-state index contributed by atoms with van der Waals surface area (Å²) in [6.07, 6.45) is 2.70. The first-order valence-corrected chi connectivity index (χ1v) is 9.62. The summed E-state index contributed by atoms with van der Waals surface area (Å²) >= 11 is 0. The van der Waals surface area contributed by atoms with Gasteiger partial charge in [-0.05, 0) is 34.8 Å². The number of amides is 2. The van der Waals surface area contributed by atoms with Crippen molar-refractivity contribution in [3.8, 4) is 0 Å². The molecule has 1 aromatic rings. The number of benzene rings is 1. The molecule has 0 fully saturated rings. The van der Waals surface area contributed by atoms with Gasteiger partial charge in [0, 0.05) is 12.8 Å². The molecule has 1 aliphatic rings. The summed E-state index contributed by atoms with van der Waals surface area (Å²) < 4.78 is 0. The van der Waals surface area contributed by atoms with Gasteiger partial charge in [0.05, 0.1) is 12.1 Å². The lowest BCUT2D eigenvalue weighted by atomic mass is 9.83. The van der Waals surface area contributed by atoms with Crippen LogP contribution in [-0.4, -0.2) is 11.8 Å². The molecule has 0 aliphatic heterocycles. The molecule has 144 valence electrons. The lowest BCUT2D eigenvalue weighted by Crippen LogP contribution is -2.38. The van der Waals surface area contributed by atoms with Crippen LogP contribution in [0.4, 0.5) is 0 Å². The Morgan fingerprint density at radius 1 is 0.808 bits per heavy atom. The predicted octanol–water partition coefficient (Wildman–Crippen LogP) is 4.67. The fourth-order valence-corrected chi connectivity index (χ4v) is 3.54. The predicted molar refractivity (Wildman–Crippen MR) is 106 cm³/mol. The maximum atomic E-state index is 12.4. The van der Waals surface area contributed by atoms with E-state index < -0.39 is 0 Å². The van der Waals surface area contributed by atoms with Crippen LogP contribution in [0.1, 0.15) is 90.4 Å². The molecular formula is C22H34N2O2. The average molecular weight is 359 g/mol. The first-order chi connectivity index (χ1) is 11.9. The van der Waals surface area contributed by atoms with Crippen molar-refractivity contribution < 1.29 is 9.59 Å². The van der Waals surface area contributed by atoms with Gasteiger partial charge < -0.3 is 10.6 Å². The Balaban J connectivity index is 2.10. The van der Waals surface area contributed by atoms with Crippen molar-refractivity contribution in [1.29, 1.82) is 0 Å². The van der Waals surface area contributed by atoms with E-state index in [0.717, 1.165) is 24.0 Å². The zero-order chi connectivity index (χ0) is 19.5. The summed E-state index contributed by atoms with van der Waals surface area (Å²) in [6, 6.07) is 8.19. The van der Waals surface area contributed by atoms with Crippen LogP contribution in [-0.2, 0) is 9.59 Å². The highest BCUT2D eigenvalue weighted by molar-refractivity contribution is 5.78. The van der Waals surface area contributed by atoms with Crippen LogP contribution in [0.15, 0.2) is 24.3 Å². The van der Waals surface area contributed by atoms with Crippen molar-refractivity contribution in [3.05, 3.63) is 35.4 Å². The van der Waals surface area contributed by atoms with Crippen LogP contribution in [0.5, 0.6) is 0 Å². The van der Waals surface area contributed by atoms with Gasteiger partial charge in [-0.25, -0.2) is 0 Å². The minimum Gasteiger partial charge on any atom is -0.349 e. The summed E-state index contributed by atoms with van der Waals surface area (Å²) in [4.78, 5) is 24.7. The standard InChI is InChI=1S/C22H34N2O2/c1-21(2,3)13-19(25)23-17-11-12-18(16-10-8-7-9-15(16)17)24-20(26)14-22(4,5)6/h7-10,17-18H,11-14H2,1-6H3,(H,23,25)(H,24,26). The van der Waals surface area contributed by atoms with Gasteiger partial charge in [-0.3, -0.25) is 9.59 Å². The Morgan fingerprint density at radius 3 is 1.46 bits per heavy atom. The summed E-state index contributed by atoms with van der Waals surface area (Å²) in [7, 11) is 0. The fraction of sp³-hybridized carbons (Fsp3) is 0.636. The van der Waals surface area contributed by atoms with Gasteiger partial charge in [0.2, 0.25) is 11.8 Å². The molecule has 2 amide bonds. The van der Waals surface area contributed by atoms with Crippen molar-refractivity contribution in [2.24, 2.45) is 10.8 Å². The Hall–Kier alpha value is -1.84. The first-order valence-electron chi connectivity index (χ1n) is 9.62. The highest BCUT2D eigenvalue weighted by atomic mass is 16.2. The second-order valence-corrected chi connectivity index (χ2v) is 9.92. The third-order valence-corrected chi connectivity index (χ3v) is 4.54. The maximum absolute atomic E-state index is 12.4. The number of fused-ring (bicyclic) bond motifs is 1. The first kappa shape index (κ1) is 20.5. The lowest BCUT2D eigenvalue weighted by Gasteiger charge is -2.33. The summed E-state index contributed by atoms with van der Waals surface area (Å²) in [5.74, 6) is 0.181. The molecule has 0 aromatic heterocycles. The van der Waals surface area contributed by atoms with E-state index in [1.807, 2.05) is 12.1 Å². The van der Waals surface area contributed by atoms with Crippen molar-refractivity contribution in [3.63, 3.8) is 0 Å². The fourth-order valence-electron chi connectivity index (χ4n) is 3.54. The van der Waals surface area contributed by atoms with Crippen molar-refractivity contribution in [1.82, 2.24) is 10.6 Å². The van der Waals surface area contributed by atoms with Gasteiger partial charge in [0.25, 0.3) is 0 Å². The molecule has 0 saturated heterocycles. The highest BCUT2D eigenvalue weighted by Crippen LogP contribution is 2.36. The molecule has 0 radical (unpaired) electrons. The number of carbonyl (C=O) groups excluding carboxylic acids is 2. The summed E-state index contributed by atoms with van der Waals surface area (Å²) in [5.41, 5.74) is 2.20. The molecule has 1 aliphatic carbocycles. The van der Waals surface area contributed by atoms with Gasteiger partial charge in [-0.2, -0.15) is 0 Å². The van der Waals surface area contributed by atoms with E-state index in [1.165, 1.54) is 0 Å². The number of carbonyl (C=O) groups is 2. The molecular weight excluding hydrogens is 324 g/mol. The SMILES string of the molecule is CC(C)(C)CC(=O)NC1CCC(NC(=O)CC(C)(C)C)c2ccccc21. The van der Waals surface area contributed by atoms with Crippen LogP contribution in [0.25, 0.3) is 0 Å². The molecule has 0 bridgehead atoms. The number of nitrogens with one attached hydrogen (secondary N) is 2. The van der Waals surface area contributed by atoms with Crippen LogP contribution < -0.4 is 10.6 Å². The molecule has 4 nitrogen and oxygen atoms in total. The molecule has 0 saturated carbocycles. The summed E-state index contributed by atoms with van der Waals surface area (Å²) in [5, 5.41) is 6.38. The van der Waals surface area contributed by atoms with E-state index in [2.05, 4.69) is 64.3 Å². The minimum absolute atomic E-state index is 0.0248. The van der Waals surface area contributed by atoms with E-state index in [0.29, 0.717) is 12.8 Å². The van der Waals surface area contributed by atoms with Crippen molar-refractivity contribution >= 4 is 11.8 Å². The minimum atomic E-state index is -0.0261. The molecule has 2 unspecified atom stereocenters. The zero-order valence-corrected chi connectivity index (χ0v) is 17.1. The molecule has 26 heavy (non-hydrogen) atoms. The van der Waals surface area contributed by atoms with Gasteiger partial charge in [0.1, 0.15) is 0 Å². The Labute approximate surface area is 158 Å². The van der Waals surface area contributed by atoms with Crippen LogP contribution in [0, 0.1) is 10.8 Å². The largest absolute Gasteiger partial charge is 0.349 e. The highest BCUT2D eigenvalue weighted by Gasteiger charge is 2.30. The summed E-state index contributed by atoms with van der Waals surface area (Å²) in [6.45, 7) is 12.4. The molecule has 0 spiro atoms. The smallest absolute Gasteiger partial charge is 0.221 e. The molecule has 4 heteroatoms. The second kappa shape index (κ2) is 7.81. The van der Waals surface area contributed by atoms with E-state index in [4.69, 9.17) is 0 Å². The van der Waals surface area contributed by atoms with Crippen LogP contribution >= 0.6 is 0 Å². The van der Waals surface area contributed by atoms with E-state index in [9.17, 15) is 9.59 Å². The number of hydrogen-bond donors (Lipinski definition) is 2. The van der Waals surface area contributed by atoms with E-state index >= 15 is 0 Å². The Morgan fingerprint density at radius 2 is 1.15 bits per heavy atom. The molecule has 2 rings (SSSR count). The molecule has 0 heterocycles. The Bertz CT molecular complexity index is 596. The van der Waals surface area contributed by atoms with Crippen LogP contribution in [0.2, 0.25) is 0 Å². The van der Waals surface area contributed by atoms with Gasteiger partial charge >= 0.3 is 0 Å². The zero-order valence-electron chi connectivity index (χ0n) is 17.1. The maximum Gasteiger partial charge on any atom is 0.221 e. The normalized spacial score (nSPS) is 20.2. The van der Waals surface area contributed by atoms with Gasteiger partial charge in [0.15, 0.2) is 0 Å². The average Bonchev–Trinajstić information content (AvgIpc) is 2.46. The molecule has 2 atom stereocenters. The van der Waals surface area contributed by atoms with Crippen molar-refractivity contribution in [2.75, 3.05) is 0 Å². The van der Waals surface area contributed by atoms with Crippen LogP contribution in [0.3, 0.4) is 0 Å². The Kier molecular flexibility index (Phi) is 6.15. The number of rotatable bonds is 4. The van der Waals surface area contributed by atoms with E-state index in [-0.39, 0.29) is 34.7 Å². The topological polar surface area (TPSA) is 58.2 Å². The second-order valence-electron chi connectivity index (χ2n) is 9.92. The van der Waals surface area contributed by atoms with E-state index in [1.54, 1.807) is 0 Å². The molecule has 2 N–H and O–H groups in total.